The molecule has 1 aliphatic rings. The minimum absolute atomic E-state index is 0.169. The number of hydrogen-bond acceptors (Lipinski definition) is 5. The van der Waals surface area contributed by atoms with E-state index in [-0.39, 0.29) is 11.7 Å². The van der Waals surface area contributed by atoms with Crippen molar-refractivity contribution in [2.75, 3.05) is 7.11 Å². The predicted molar refractivity (Wildman–Crippen MR) is 113 cm³/mol. The highest BCUT2D eigenvalue weighted by Crippen LogP contribution is 2.50. The van der Waals surface area contributed by atoms with Gasteiger partial charge in [0, 0.05) is 23.9 Å². The van der Waals surface area contributed by atoms with Crippen LogP contribution in [0.3, 0.4) is 0 Å². The number of pyridine rings is 2. The minimum atomic E-state index is -4.71. The van der Waals surface area contributed by atoms with Crippen molar-refractivity contribution < 1.29 is 32.5 Å². The molecule has 0 aliphatic heterocycles. The summed E-state index contributed by atoms with van der Waals surface area (Å²) in [6.07, 6.45) is 0.488. The molecule has 0 amide bonds. The van der Waals surface area contributed by atoms with E-state index in [0.717, 1.165) is 16.7 Å². The molecule has 1 fully saturated rings. The number of benzene rings is 1. The summed E-state index contributed by atoms with van der Waals surface area (Å²) >= 11 is 0. The zero-order chi connectivity index (χ0) is 23.6. The smallest absolute Gasteiger partial charge is 0.495 e. The number of carboxylic acid groups (broad SMARTS) is 1. The molecule has 3 aromatic rings. The van der Waals surface area contributed by atoms with E-state index in [1.807, 2.05) is 6.07 Å². The first-order chi connectivity index (χ1) is 15.7. The van der Waals surface area contributed by atoms with E-state index in [1.54, 1.807) is 36.7 Å². The molecule has 0 bridgehead atoms. The number of carbonyl (C=O) groups is 1. The Labute approximate surface area is 188 Å². The van der Waals surface area contributed by atoms with E-state index in [1.165, 1.54) is 19.2 Å². The molecule has 2 heterocycles. The van der Waals surface area contributed by atoms with Crippen molar-refractivity contribution in [2.24, 2.45) is 5.92 Å². The van der Waals surface area contributed by atoms with Gasteiger partial charge in [-0.25, -0.2) is 4.98 Å². The van der Waals surface area contributed by atoms with Crippen molar-refractivity contribution in [3.8, 4) is 22.8 Å². The second kappa shape index (κ2) is 9.09. The first kappa shape index (κ1) is 22.6. The van der Waals surface area contributed by atoms with Crippen molar-refractivity contribution in [3.05, 3.63) is 71.7 Å². The summed E-state index contributed by atoms with van der Waals surface area (Å²) in [4.78, 5) is 20.2. The summed E-state index contributed by atoms with van der Waals surface area (Å²) in [6, 6.07) is 11.3. The van der Waals surface area contributed by atoms with Crippen LogP contribution in [0.4, 0.5) is 13.2 Å². The van der Waals surface area contributed by atoms with Crippen molar-refractivity contribution in [1.82, 2.24) is 9.97 Å². The molecule has 9 heteroatoms. The van der Waals surface area contributed by atoms with Gasteiger partial charge >= 0.3 is 12.3 Å². The Bertz CT molecular complexity index is 1150. The summed E-state index contributed by atoms with van der Waals surface area (Å²) in [6.45, 7) is 0. The maximum atomic E-state index is 12.3. The number of carboxylic acids is 1. The van der Waals surface area contributed by atoms with Crippen LogP contribution < -0.4 is 9.47 Å². The molecule has 2 unspecified atom stereocenters. The standard InChI is InChI=1S/C24H21F3N2O4/c1-32-21-9-8-20(29-22(21)18-11-19(18)23(30)31)16-10-15(12-28-13-16)3-2-14-4-6-17(7-5-14)33-24(25,26)27/h4-10,12-13,18-19H,2-3,11H2,1H3,(H,30,31). The Morgan fingerprint density at radius 3 is 2.45 bits per heavy atom. The Kier molecular flexibility index (Phi) is 6.22. The molecule has 1 aliphatic carbocycles. The van der Waals surface area contributed by atoms with E-state index in [0.29, 0.717) is 36.4 Å². The molecule has 1 N–H and O–H groups in total. The number of alkyl halides is 3. The number of methoxy groups -OCH3 is 1. The maximum absolute atomic E-state index is 12.3. The fraction of sp³-hybridized carbons (Fsp3) is 0.292. The molecule has 4 rings (SSSR count). The summed E-state index contributed by atoms with van der Waals surface area (Å²) in [5.74, 6) is -1.14. The number of nitrogens with zero attached hydrogens (tertiary/aromatic N) is 2. The lowest BCUT2D eigenvalue weighted by Gasteiger charge is -2.11. The van der Waals surface area contributed by atoms with Gasteiger partial charge in [0.25, 0.3) is 0 Å². The number of aliphatic carboxylic acids is 1. The van der Waals surface area contributed by atoms with Crippen LogP contribution in [0.1, 0.15) is 29.2 Å². The summed E-state index contributed by atoms with van der Waals surface area (Å²) in [7, 11) is 1.53. The molecule has 33 heavy (non-hydrogen) atoms. The van der Waals surface area contributed by atoms with Crippen LogP contribution in [0.5, 0.6) is 11.5 Å². The van der Waals surface area contributed by atoms with Gasteiger partial charge in [-0.15, -0.1) is 13.2 Å². The van der Waals surface area contributed by atoms with E-state index in [9.17, 15) is 23.1 Å². The lowest BCUT2D eigenvalue weighted by molar-refractivity contribution is -0.274. The average molecular weight is 458 g/mol. The predicted octanol–water partition coefficient (Wildman–Crippen LogP) is 5.02. The lowest BCUT2D eigenvalue weighted by Crippen LogP contribution is -2.17. The van der Waals surface area contributed by atoms with Crippen LogP contribution in [0.2, 0.25) is 0 Å². The van der Waals surface area contributed by atoms with Gasteiger partial charge in [-0.1, -0.05) is 12.1 Å². The van der Waals surface area contributed by atoms with Gasteiger partial charge in [0.05, 0.1) is 24.4 Å². The second-order valence-electron chi connectivity index (χ2n) is 7.84. The van der Waals surface area contributed by atoms with Crippen LogP contribution in [-0.4, -0.2) is 34.5 Å². The molecule has 6 nitrogen and oxygen atoms in total. The van der Waals surface area contributed by atoms with Gasteiger partial charge in [-0.05, 0) is 60.7 Å². The normalized spacial score (nSPS) is 17.5. The van der Waals surface area contributed by atoms with Gasteiger partial charge in [-0.2, -0.15) is 0 Å². The molecule has 0 spiro atoms. The minimum Gasteiger partial charge on any atom is -0.495 e. The molecular weight excluding hydrogens is 437 g/mol. The maximum Gasteiger partial charge on any atom is 0.573 e. The van der Waals surface area contributed by atoms with Crippen LogP contribution in [0.15, 0.2) is 54.9 Å². The Morgan fingerprint density at radius 1 is 1.09 bits per heavy atom. The van der Waals surface area contributed by atoms with Crippen molar-refractivity contribution in [2.45, 2.75) is 31.5 Å². The average Bonchev–Trinajstić information content (AvgIpc) is 3.59. The fourth-order valence-electron chi connectivity index (χ4n) is 3.74. The second-order valence-corrected chi connectivity index (χ2v) is 7.84. The van der Waals surface area contributed by atoms with Crippen LogP contribution in [-0.2, 0) is 17.6 Å². The van der Waals surface area contributed by atoms with Gasteiger partial charge in [0.1, 0.15) is 11.5 Å². The number of ether oxygens (including phenoxy) is 2. The lowest BCUT2D eigenvalue weighted by atomic mass is 10.0. The highest BCUT2D eigenvalue weighted by atomic mass is 19.4. The Morgan fingerprint density at radius 2 is 1.82 bits per heavy atom. The van der Waals surface area contributed by atoms with Gasteiger partial charge < -0.3 is 14.6 Å². The quantitative estimate of drug-likeness (QED) is 0.510. The Balaban J connectivity index is 1.46. The largest absolute Gasteiger partial charge is 0.573 e. The zero-order valence-corrected chi connectivity index (χ0v) is 17.7. The number of rotatable bonds is 8. The van der Waals surface area contributed by atoms with E-state index in [4.69, 9.17) is 4.74 Å². The van der Waals surface area contributed by atoms with E-state index < -0.39 is 18.2 Å². The summed E-state index contributed by atoms with van der Waals surface area (Å²) < 4.78 is 46.1. The van der Waals surface area contributed by atoms with Gasteiger partial charge in [-0.3, -0.25) is 9.78 Å². The summed E-state index contributed by atoms with van der Waals surface area (Å²) in [5, 5.41) is 9.25. The van der Waals surface area contributed by atoms with Gasteiger partial charge in [0.15, 0.2) is 0 Å². The van der Waals surface area contributed by atoms with Gasteiger partial charge in [0.2, 0.25) is 0 Å². The first-order valence-electron chi connectivity index (χ1n) is 10.3. The third kappa shape index (κ3) is 5.60. The van der Waals surface area contributed by atoms with Crippen molar-refractivity contribution in [1.29, 1.82) is 0 Å². The summed E-state index contributed by atoms with van der Waals surface area (Å²) in [5.41, 5.74) is 3.90. The van der Waals surface area contributed by atoms with Crippen LogP contribution in [0, 0.1) is 5.92 Å². The highest BCUT2D eigenvalue weighted by Gasteiger charge is 2.46. The molecular formula is C24H21F3N2O4. The zero-order valence-electron chi connectivity index (χ0n) is 17.7. The molecule has 2 aromatic heterocycles. The number of aryl methyl sites for hydroxylation is 2. The van der Waals surface area contributed by atoms with E-state index >= 15 is 0 Å². The molecule has 1 saturated carbocycles. The van der Waals surface area contributed by atoms with Crippen LogP contribution >= 0.6 is 0 Å². The van der Waals surface area contributed by atoms with Crippen molar-refractivity contribution in [3.63, 3.8) is 0 Å². The SMILES string of the molecule is COc1ccc(-c2cncc(CCc3ccc(OC(F)(F)F)cc3)c2)nc1C1CC1C(=O)O. The third-order valence-electron chi connectivity index (χ3n) is 5.51. The number of halogens is 3. The molecule has 2 atom stereocenters. The monoisotopic (exact) mass is 458 g/mol. The fourth-order valence-corrected chi connectivity index (χ4v) is 3.74. The number of aromatic nitrogens is 2. The third-order valence-corrected chi connectivity index (χ3v) is 5.51. The van der Waals surface area contributed by atoms with Crippen molar-refractivity contribution >= 4 is 5.97 Å². The Hall–Kier alpha value is -3.62. The number of hydrogen-bond donors (Lipinski definition) is 1. The highest BCUT2D eigenvalue weighted by molar-refractivity contribution is 5.75. The topological polar surface area (TPSA) is 81.5 Å². The molecule has 172 valence electrons. The van der Waals surface area contributed by atoms with Crippen LogP contribution in [0.25, 0.3) is 11.3 Å². The van der Waals surface area contributed by atoms with E-state index in [2.05, 4.69) is 14.7 Å². The molecule has 0 saturated heterocycles. The first-order valence-corrected chi connectivity index (χ1v) is 10.3. The molecule has 0 radical (unpaired) electrons. The molecule has 1 aromatic carbocycles.